The molecule has 0 bridgehead atoms. The molecule has 122 valence electrons. The molecule has 2 amide bonds. The lowest BCUT2D eigenvalue weighted by Gasteiger charge is -2.27. The number of nitrogens with one attached hydrogen (secondary N) is 2. The molecule has 0 aliphatic heterocycles. The Kier molecular flexibility index (Phi) is 6.70. The molecular weight excluding hydrogens is 368 g/mol. The Hall–Kier alpha value is -1.08. The molecule has 1 aliphatic carbocycles. The predicted octanol–water partition coefficient (Wildman–Crippen LogP) is 3.85. The molecule has 1 aliphatic rings. The van der Waals surface area contributed by atoms with Crippen molar-refractivity contribution in [1.82, 2.24) is 10.6 Å². The molecule has 0 saturated heterocycles. The summed E-state index contributed by atoms with van der Waals surface area (Å²) < 4.78 is 0.884. The van der Waals surface area contributed by atoms with E-state index in [0.717, 1.165) is 10.9 Å². The monoisotopic (exact) mass is 388 g/mol. The minimum Gasteiger partial charge on any atom is -0.465 e. The first-order chi connectivity index (χ1) is 10.5. The summed E-state index contributed by atoms with van der Waals surface area (Å²) in [7, 11) is 0. The maximum atomic E-state index is 12.3. The lowest BCUT2D eigenvalue weighted by molar-refractivity contribution is 0.0931. The summed E-state index contributed by atoms with van der Waals surface area (Å²) in [6.45, 7) is 0.254. The van der Waals surface area contributed by atoms with Crippen LogP contribution >= 0.6 is 27.3 Å². The lowest BCUT2D eigenvalue weighted by Crippen LogP contribution is -2.44. The fourth-order valence-electron chi connectivity index (χ4n) is 2.92. The molecule has 1 atom stereocenters. The van der Waals surface area contributed by atoms with Crippen LogP contribution in [0.4, 0.5) is 4.79 Å². The molecule has 5 nitrogen and oxygen atoms in total. The average molecular weight is 389 g/mol. The molecular formula is C15H21BrN2O3S. The van der Waals surface area contributed by atoms with E-state index in [9.17, 15) is 9.59 Å². The SMILES string of the molecule is O=C(O)NC[C@H](CC1CCCCC1)NC(=O)c1cc(Br)cs1. The molecule has 7 heteroatoms. The Morgan fingerprint density at radius 1 is 1.36 bits per heavy atom. The highest BCUT2D eigenvalue weighted by Gasteiger charge is 2.22. The number of carbonyl (C=O) groups is 2. The summed E-state index contributed by atoms with van der Waals surface area (Å²) in [5.74, 6) is 0.438. The molecule has 0 unspecified atom stereocenters. The van der Waals surface area contributed by atoms with Crippen molar-refractivity contribution < 1.29 is 14.7 Å². The predicted molar refractivity (Wildman–Crippen MR) is 90.5 cm³/mol. The molecule has 0 radical (unpaired) electrons. The van der Waals surface area contributed by atoms with E-state index in [1.54, 1.807) is 6.07 Å². The van der Waals surface area contributed by atoms with Crippen molar-refractivity contribution in [1.29, 1.82) is 0 Å². The first-order valence-electron chi connectivity index (χ1n) is 7.56. The Balaban J connectivity index is 1.93. The number of halogens is 1. The molecule has 22 heavy (non-hydrogen) atoms. The third-order valence-corrected chi connectivity index (χ3v) is 5.66. The van der Waals surface area contributed by atoms with Gasteiger partial charge in [-0.3, -0.25) is 4.79 Å². The number of amides is 2. The summed E-state index contributed by atoms with van der Waals surface area (Å²) >= 11 is 4.71. The van der Waals surface area contributed by atoms with Gasteiger partial charge < -0.3 is 15.7 Å². The molecule has 0 spiro atoms. The van der Waals surface area contributed by atoms with Crippen LogP contribution in [-0.4, -0.2) is 29.7 Å². The summed E-state index contributed by atoms with van der Waals surface area (Å²) in [5, 5.41) is 16.0. The summed E-state index contributed by atoms with van der Waals surface area (Å²) in [4.78, 5) is 23.6. The quantitative estimate of drug-likeness (QED) is 0.692. The van der Waals surface area contributed by atoms with Gasteiger partial charge in [-0.1, -0.05) is 32.1 Å². The number of thiophene rings is 1. The van der Waals surface area contributed by atoms with E-state index < -0.39 is 6.09 Å². The highest BCUT2D eigenvalue weighted by Crippen LogP contribution is 2.27. The van der Waals surface area contributed by atoms with Gasteiger partial charge in [-0.25, -0.2) is 4.79 Å². The molecule has 2 rings (SSSR count). The maximum Gasteiger partial charge on any atom is 0.404 e. The van der Waals surface area contributed by atoms with Gasteiger partial charge in [-0.05, 0) is 34.3 Å². The smallest absolute Gasteiger partial charge is 0.404 e. The largest absolute Gasteiger partial charge is 0.465 e. The average Bonchev–Trinajstić information content (AvgIpc) is 2.92. The van der Waals surface area contributed by atoms with Crippen molar-refractivity contribution in [2.24, 2.45) is 5.92 Å². The fourth-order valence-corrected chi connectivity index (χ4v) is 4.25. The number of carbonyl (C=O) groups excluding carboxylic acids is 1. The van der Waals surface area contributed by atoms with Gasteiger partial charge >= 0.3 is 6.09 Å². The fraction of sp³-hybridized carbons (Fsp3) is 0.600. The minimum absolute atomic E-state index is 0.135. The molecule has 1 heterocycles. The van der Waals surface area contributed by atoms with Crippen LogP contribution in [0.5, 0.6) is 0 Å². The highest BCUT2D eigenvalue weighted by molar-refractivity contribution is 9.10. The normalized spacial score (nSPS) is 17.0. The summed E-state index contributed by atoms with van der Waals surface area (Å²) in [6.07, 6.45) is 5.86. The second-order valence-corrected chi connectivity index (χ2v) is 7.55. The van der Waals surface area contributed by atoms with E-state index in [1.807, 2.05) is 5.38 Å². The van der Waals surface area contributed by atoms with Crippen molar-refractivity contribution in [2.45, 2.75) is 44.6 Å². The van der Waals surface area contributed by atoms with Crippen LogP contribution in [0.15, 0.2) is 15.9 Å². The third-order valence-electron chi connectivity index (χ3n) is 3.97. The van der Waals surface area contributed by atoms with E-state index >= 15 is 0 Å². The molecule has 1 saturated carbocycles. The highest BCUT2D eigenvalue weighted by atomic mass is 79.9. The van der Waals surface area contributed by atoms with Crippen LogP contribution in [0, 0.1) is 5.92 Å². The number of hydrogen-bond donors (Lipinski definition) is 3. The zero-order valence-corrected chi connectivity index (χ0v) is 14.7. The number of carboxylic acid groups (broad SMARTS) is 1. The maximum absolute atomic E-state index is 12.3. The van der Waals surface area contributed by atoms with Gasteiger partial charge in [-0.2, -0.15) is 0 Å². The van der Waals surface area contributed by atoms with Crippen LogP contribution in [0.3, 0.4) is 0 Å². The molecule has 1 fully saturated rings. The Morgan fingerprint density at radius 2 is 2.09 bits per heavy atom. The Labute approximate surface area is 142 Å². The van der Waals surface area contributed by atoms with Gasteiger partial charge in [0.2, 0.25) is 0 Å². The van der Waals surface area contributed by atoms with Gasteiger partial charge in [-0.15, -0.1) is 11.3 Å². The number of rotatable bonds is 6. The van der Waals surface area contributed by atoms with Crippen LogP contribution < -0.4 is 10.6 Å². The van der Waals surface area contributed by atoms with E-state index in [0.29, 0.717) is 10.8 Å². The van der Waals surface area contributed by atoms with Gasteiger partial charge in [0, 0.05) is 22.4 Å². The first kappa shape index (κ1) is 17.3. The van der Waals surface area contributed by atoms with Crippen molar-refractivity contribution in [3.05, 3.63) is 20.8 Å². The van der Waals surface area contributed by atoms with Crippen LogP contribution in [0.1, 0.15) is 48.2 Å². The van der Waals surface area contributed by atoms with Gasteiger partial charge in [0.05, 0.1) is 4.88 Å². The third kappa shape index (κ3) is 5.61. The van der Waals surface area contributed by atoms with Crippen molar-refractivity contribution in [3.8, 4) is 0 Å². The zero-order valence-electron chi connectivity index (χ0n) is 12.3. The molecule has 1 aromatic heterocycles. The molecule has 0 aromatic carbocycles. The Morgan fingerprint density at radius 3 is 2.68 bits per heavy atom. The number of hydrogen-bond acceptors (Lipinski definition) is 3. The first-order valence-corrected chi connectivity index (χ1v) is 9.23. The Bertz CT molecular complexity index is 515. The van der Waals surface area contributed by atoms with E-state index in [1.165, 1.54) is 43.4 Å². The molecule has 3 N–H and O–H groups in total. The molecule has 1 aromatic rings. The standard InChI is InChI=1S/C15H21BrN2O3S/c16-11-7-13(22-9-11)14(19)18-12(8-17-15(20)21)6-10-4-2-1-3-5-10/h7,9-10,12,17H,1-6,8H2,(H,18,19)(H,20,21)/t12-/m0/s1. The second kappa shape index (κ2) is 8.53. The van der Waals surface area contributed by atoms with Crippen molar-refractivity contribution in [2.75, 3.05) is 6.54 Å². The van der Waals surface area contributed by atoms with Crippen LogP contribution in [-0.2, 0) is 0 Å². The van der Waals surface area contributed by atoms with E-state index in [4.69, 9.17) is 5.11 Å². The topological polar surface area (TPSA) is 78.4 Å². The minimum atomic E-state index is -1.05. The van der Waals surface area contributed by atoms with Gasteiger partial charge in [0.25, 0.3) is 5.91 Å². The lowest BCUT2D eigenvalue weighted by atomic mass is 9.85. The zero-order chi connectivity index (χ0) is 15.9. The second-order valence-electron chi connectivity index (χ2n) is 5.73. The van der Waals surface area contributed by atoms with Gasteiger partial charge in [0.15, 0.2) is 0 Å². The van der Waals surface area contributed by atoms with Crippen LogP contribution in [0.25, 0.3) is 0 Å². The van der Waals surface area contributed by atoms with E-state index in [-0.39, 0.29) is 18.5 Å². The van der Waals surface area contributed by atoms with Crippen molar-refractivity contribution >= 4 is 39.3 Å². The summed E-state index contributed by atoms with van der Waals surface area (Å²) in [5.41, 5.74) is 0. The van der Waals surface area contributed by atoms with Crippen LogP contribution in [0.2, 0.25) is 0 Å². The summed E-state index contributed by atoms with van der Waals surface area (Å²) in [6, 6.07) is 1.62. The van der Waals surface area contributed by atoms with Crippen molar-refractivity contribution in [3.63, 3.8) is 0 Å². The van der Waals surface area contributed by atoms with Gasteiger partial charge in [0.1, 0.15) is 0 Å². The van der Waals surface area contributed by atoms with E-state index in [2.05, 4.69) is 26.6 Å².